The van der Waals surface area contributed by atoms with Crippen molar-refractivity contribution in [2.45, 2.75) is 13.5 Å². The Labute approximate surface area is 99.4 Å². The second kappa shape index (κ2) is 4.84. The van der Waals surface area contributed by atoms with Crippen LogP contribution in [0.1, 0.15) is 21.7 Å². The Hall–Kier alpha value is -2.07. The van der Waals surface area contributed by atoms with E-state index in [9.17, 15) is 4.79 Å². The molecule has 0 saturated heterocycles. The molecule has 4 nitrogen and oxygen atoms in total. The quantitative estimate of drug-likeness (QED) is 0.850. The van der Waals surface area contributed by atoms with Gasteiger partial charge in [-0.25, -0.2) is 0 Å². The fourth-order valence-corrected chi connectivity index (χ4v) is 1.48. The van der Waals surface area contributed by atoms with Crippen molar-refractivity contribution in [2.75, 3.05) is 5.32 Å². The average Bonchev–Trinajstić information content (AvgIpc) is 2.75. The maximum Gasteiger partial charge on any atom is 0.257 e. The summed E-state index contributed by atoms with van der Waals surface area (Å²) in [6.45, 7) is 2.30. The van der Waals surface area contributed by atoms with Gasteiger partial charge in [-0.05, 0) is 30.7 Å². The van der Waals surface area contributed by atoms with Gasteiger partial charge in [0.2, 0.25) is 0 Å². The van der Waals surface area contributed by atoms with E-state index in [2.05, 4.69) is 5.32 Å². The molecular formula is C13H14N2O2. The number of aryl methyl sites for hydroxylation is 1. The minimum absolute atomic E-state index is 0.192. The molecule has 0 saturated carbocycles. The number of hydrogen-bond donors (Lipinski definition) is 2. The van der Waals surface area contributed by atoms with E-state index in [1.165, 1.54) is 0 Å². The number of nitrogens with two attached hydrogens (primary N) is 1. The Bertz CT molecular complexity index is 514. The molecule has 17 heavy (non-hydrogen) atoms. The molecule has 0 radical (unpaired) electrons. The van der Waals surface area contributed by atoms with Crippen LogP contribution in [0.2, 0.25) is 0 Å². The van der Waals surface area contributed by atoms with Crippen molar-refractivity contribution in [2.24, 2.45) is 5.73 Å². The number of nitrogens with one attached hydrogen (secondary N) is 1. The lowest BCUT2D eigenvalue weighted by atomic mass is 10.1. The maximum absolute atomic E-state index is 11.8. The number of hydrogen-bond acceptors (Lipinski definition) is 3. The minimum atomic E-state index is -0.192. The topological polar surface area (TPSA) is 68.3 Å². The molecule has 1 amide bonds. The molecule has 4 heteroatoms. The van der Waals surface area contributed by atoms with Crippen LogP contribution in [-0.4, -0.2) is 5.91 Å². The molecule has 0 atom stereocenters. The van der Waals surface area contributed by atoms with Crippen molar-refractivity contribution < 1.29 is 9.21 Å². The van der Waals surface area contributed by atoms with Crippen LogP contribution in [-0.2, 0) is 6.54 Å². The van der Waals surface area contributed by atoms with Gasteiger partial charge in [-0.1, -0.05) is 12.1 Å². The Balaban J connectivity index is 2.09. The van der Waals surface area contributed by atoms with Crippen molar-refractivity contribution >= 4 is 11.8 Å². The fourth-order valence-electron chi connectivity index (χ4n) is 1.48. The summed E-state index contributed by atoms with van der Waals surface area (Å²) in [5.41, 5.74) is 7.06. The summed E-state index contributed by atoms with van der Waals surface area (Å²) in [4.78, 5) is 11.8. The highest BCUT2D eigenvalue weighted by Gasteiger charge is 2.07. The van der Waals surface area contributed by atoms with E-state index in [4.69, 9.17) is 10.2 Å². The van der Waals surface area contributed by atoms with E-state index in [0.717, 1.165) is 11.3 Å². The first-order chi connectivity index (χ1) is 8.19. The lowest BCUT2D eigenvalue weighted by Gasteiger charge is -2.03. The Morgan fingerprint density at radius 3 is 2.47 bits per heavy atom. The van der Waals surface area contributed by atoms with Gasteiger partial charge in [0.15, 0.2) is 5.88 Å². The van der Waals surface area contributed by atoms with E-state index in [-0.39, 0.29) is 5.91 Å². The van der Waals surface area contributed by atoms with Crippen LogP contribution < -0.4 is 11.1 Å². The van der Waals surface area contributed by atoms with E-state index in [1.54, 1.807) is 24.3 Å². The predicted molar refractivity (Wildman–Crippen MR) is 65.7 cm³/mol. The van der Waals surface area contributed by atoms with Crippen molar-refractivity contribution in [3.8, 4) is 0 Å². The zero-order chi connectivity index (χ0) is 12.3. The van der Waals surface area contributed by atoms with Gasteiger partial charge in [0.05, 0.1) is 0 Å². The molecule has 0 spiro atoms. The summed E-state index contributed by atoms with van der Waals surface area (Å²) in [6, 6.07) is 10.7. The molecule has 2 aromatic rings. The zero-order valence-corrected chi connectivity index (χ0v) is 9.57. The highest BCUT2D eigenvalue weighted by molar-refractivity contribution is 6.03. The predicted octanol–water partition coefficient (Wildman–Crippen LogP) is 2.30. The SMILES string of the molecule is Cc1ccc(NC(=O)c2ccc(CN)cc2)o1. The highest BCUT2D eigenvalue weighted by Crippen LogP contribution is 2.13. The Morgan fingerprint density at radius 2 is 1.94 bits per heavy atom. The van der Waals surface area contributed by atoms with Crippen LogP contribution in [0.15, 0.2) is 40.8 Å². The first-order valence-corrected chi connectivity index (χ1v) is 5.36. The van der Waals surface area contributed by atoms with Crippen molar-refractivity contribution in [1.29, 1.82) is 0 Å². The van der Waals surface area contributed by atoms with Gasteiger partial charge in [-0.2, -0.15) is 0 Å². The standard InChI is InChI=1S/C13H14N2O2/c1-9-2-7-12(17-9)15-13(16)11-5-3-10(8-14)4-6-11/h2-7H,8,14H2,1H3,(H,15,16). The summed E-state index contributed by atoms with van der Waals surface area (Å²) in [7, 11) is 0. The highest BCUT2D eigenvalue weighted by atomic mass is 16.4. The molecule has 2 rings (SSSR count). The molecular weight excluding hydrogens is 216 g/mol. The smallest absolute Gasteiger partial charge is 0.257 e. The third-order valence-corrected chi connectivity index (χ3v) is 2.43. The summed E-state index contributed by atoms with van der Waals surface area (Å²) < 4.78 is 5.27. The number of benzene rings is 1. The van der Waals surface area contributed by atoms with Crippen LogP contribution in [0.5, 0.6) is 0 Å². The van der Waals surface area contributed by atoms with Gasteiger partial charge in [0.1, 0.15) is 5.76 Å². The number of carbonyl (C=O) groups excluding carboxylic acids is 1. The normalized spacial score (nSPS) is 10.2. The maximum atomic E-state index is 11.8. The third-order valence-electron chi connectivity index (χ3n) is 2.43. The number of anilines is 1. The molecule has 0 aliphatic carbocycles. The number of furan rings is 1. The largest absolute Gasteiger partial charge is 0.446 e. The van der Waals surface area contributed by atoms with Gasteiger partial charge in [-0.15, -0.1) is 0 Å². The molecule has 0 aliphatic rings. The van der Waals surface area contributed by atoms with Gasteiger partial charge in [0, 0.05) is 18.2 Å². The molecule has 1 aromatic carbocycles. The lowest BCUT2D eigenvalue weighted by Crippen LogP contribution is -2.11. The average molecular weight is 230 g/mol. The summed E-state index contributed by atoms with van der Waals surface area (Å²) >= 11 is 0. The molecule has 88 valence electrons. The third kappa shape index (κ3) is 2.73. The molecule has 3 N–H and O–H groups in total. The summed E-state index contributed by atoms with van der Waals surface area (Å²) in [6.07, 6.45) is 0. The van der Waals surface area contributed by atoms with E-state index in [0.29, 0.717) is 18.0 Å². The zero-order valence-electron chi connectivity index (χ0n) is 9.57. The molecule has 0 bridgehead atoms. The van der Waals surface area contributed by atoms with Gasteiger partial charge >= 0.3 is 0 Å². The fraction of sp³-hybridized carbons (Fsp3) is 0.154. The molecule has 0 unspecified atom stereocenters. The van der Waals surface area contributed by atoms with Gasteiger partial charge in [-0.3, -0.25) is 10.1 Å². The Kier molecular flexibility index (Phi) is 3.25. The number of amides is 1. The van der Waals surface area contributed by atoms with Gasteiger partial charge < -0.3 is 10.2 Å². The summed E-state index contributed by atoms with van der Waals surface area (Å²) in [5.74, 6) is 1.03. The van der Waals surface area contributed by atoms with E-state index < -0.39 is 0 Å². The van der Waals surface area contributed by atoms with Crippen molar-refractivity contribution in [3.05, 3.63) is 53.3 Å². The summed E-state index contributed by atoms with van der Waals surface area (Å²) in [5, 5.41) is 2.68. The molecule has 0 fully saturated rings. The first kappa shape index (κ1) is 11.4. The van der Waals surface area contributed by atoms with Gasteiger partial charge in [0.25, 0.3) is 5.91 Å². The van der Waals surface area contributed by atoms with Crippen molar-refractivity contribution in [3.63, 3.8) is 0 Å². The van der Waals surface area contributed by atoms with Crippen LogP contribution in [0.3, 0.4) is 0 Å². The second-order valence-electron chi connectivity index (χ2n) is 3.77. The van der Waals surface area contributed by atoms with Crippen LogP contribution >= 0.6 is 0 Å². The van der Waals surface area contributed by atoms with E-state index in [1.807, 2.05) is 19.1 Å². The number of carbonyl (C=O) groups is 1. The number of rotatable bonds is 3. The lowest BCUT2D eigenvalue weighted by molar-refractivity contribution is 0.102. The van der Waals surface area contributed by atoms with Crippen molar-refractivity contribution in [1.82, 2.24) is 0 Å². The van der Waals surface area contributed by atoms with Crippen LogP contribution in [0.25, 0.3) is 0 Å². The van der Waals surface area contributed by atoms with Crippen LogP contribution in [0, 0.1) is 6.92 Å². The first-order valence-electron chi connectivity index (χ1n) is 5.36. The second-order valence-corrected chi connectivity index (χ2v) is 3.77. The molecule has 1 heterocycles. The van der Waals surface area contributed by atoms with E-state index >= 15 is 0 Å². The van der Waals surface area contributed by atoms with Crippen LogP contribution in [0.4, 0.5) is 5.88 Å². The molecule has 1 aromatic heterocycles. The monoisotopic (exact) mass is 230 g/mol. The molecule has 0 aliphatic heterocycles. The Morgan fingerprint density at radius 1 is 1.24 bits per heavy atom. The minimum Gasteiger partial charge on any atom is -0.446 e.